The second-order valence-corrected chi connectivity index (χ2v) is 5.10. The maximum atomic E-state index is 9.47. The Morgan fingerprint density at radius 3 is 2.59 bits per heavy atom. The standard InChI is InChI=1S/C12H15ClN2OS/c13-10-7-8(12(14)17)1-2-11(10)15-5-3-9(16)4-6-15/h1-2,7,9,16H,3-6H2,(H2,14,17). The molecule has 0 radical (unpaired) electrons. The number of aliphatic hydroxyl groups excluding tert-OH is 1. The van der Waals surface area contributed by atoms with Crippen molar-refractivity contribution in [2.45, 2.75) is 18.9 Å². The van der Waals surface area contributed by atoms with Gasteiger partial charge in [-0.1, -0.05) is 23.8 Å². The zero-order valence-electron chi connectivity index (χ0n) is 9.40. The molecule has 0 amide bonds. The summed E-state index contributed by atoms with van der Waals surface area (Å²) in [6.07, 6.45) is 1.39. The van der Waals surface area contributed by atoms with E-state index in [4.69, 9.17) is 29.6 Å². The Morgan fingerprint density at radius 2 is 2.06 bits per heavy atom. The molecule has 1 aliphatic rings. The molecule has 0 unspecified atom stereocenters. The molecule has 3 nitrogen and oxygen atoms in total. The first kappa shape index (κ1) is 12.6. The summed E-state index contributed by atoms with van der Waals surface area (Å²) in [5, 5.41) is 10.1. The van der Waals surface area contributed by atoms with Crippen LogP contribution in [0, 0.1) is 0 Å². The molecule has 3 N–H and O–H groups in total. The monoisotopic (exact) mass is 270 g/mol. The molecule has 0 aliphatic carbocycles. The van der Waals surface area contributed by atoms with E-state index >= 15 is 0 Å². The molecule has 1 aromatic carbocycles. The molecule has 0 aromatic heterocycles. The van der Waals surface area contributed by atoms with Crippen molar-refractivity contribution < 1.29 is 5.11 Å². The molecular weight excluding hydrogens is 256 g/mol. The van der Waals surface area contributed by atoms with E-state index in [1.54, 1.807) is 6.07 Å². The third-order valence-electron chi connectivity index (χ3n) is 3.04. The Balaban J connectivity index is 2.19. The number of aliphatic hydroxyl groups is 1. The Labute approximate surface area is 111 Å². The van der Waals surface area contributed by atoms with E-state index in [1.807, 2.05) is 12.1 Å². The van der Waals surface area contributed by atoms with Gasteiger partial charge in [-0.25, -0.2) is 0 Å². The lowest BCUT2D eigenvalue weighted by atomic mass is 10.1. The molecule has 17 heavy (non-hydrogen) atoms. The summed E-state index contributed by atoms with van der Waals surface area (Å²) in [7, 11) is 0. The molecule has 1 aromatic rings. The normalized spacial score (nSPS) is 17.2. The van der Waals surface area contributed by atoms with Gasteiger partial charge in [-0.15, -0.1) is 0 Å². The first-order chi connectivity index (χ1) is 8.08. The maximum absolute atomic E-state index is 9.47. The van der Waals surface area contributed by atoms with Crippen LogP contribution in [0.2, 0.25) is 5.02 Å². The number of nitrogens with zero attached hydrogens (tertiary/aromatic N) is 1. The van der Waals surface area contributed by atoms with Crippen molar-refractivity contribution in [2.75, 3.05) is 18.0 Å². The summed E-state index contributed by atoms with van der Waals surface area (Å²) in [4.78, 5) is 2.53. The van der Waals surface area contributed by atoms with Crippen LogP contribution >= 0.6 is 23.8 Å². The van der Waals surface area contributed by atoms with Crippen molar-refractivity contribution in [1.82, 2.24) is 0 Å². The summed E-state index contributed by atoms with van der Waals surface area (Å²) in [5.41, 5.74) is 7.32. The highest BCUT2D eigenvalue weighted by Crippen LogP contribution is 2.29. The van der Waals surface area contributed by atoms with Crippen molar-refractivity contribution in [3.05, 3.63) is 28.8 Å². The number of halogens is 1. The van der Waals surface area contributed by atoms with Crippen LogP contribution in [-0.2, 0) is 0 Å². The zero-order chi connectivity index (χ0) is 12.4. The largest absolute Gasteiger partial charge is 0.393 e. The molecule has 2 rings (SSSR count). The Bertz CT molecular complexity index is 431. The second kappa shape index (κ2) is 5.21. The fourth-order valence-electron chi connectivity index (χ4n) is 2.02. The second-order valence-electron chi connectivity index (χ2n) is 4.25. The molecule has 0 spiro atoms. The highest BCUT2D eigenvalue weighted by molar-refractivity contribution is 7.80. The van der Waals surface area contributed by atoms with E-state index < -0.39 is 0 Å². The zero-order valence-corrected chi connectivity index (χ0v) is 11.0. The molecule has 1 aliphatic heterocycles. The Hall–Kier alpha value is -0.840. The molecule has 92 valence electrons. The van der Waals surface area contributed by atoms with Crippen LogP contribution in [0.15, 0.2) is 18.2 Å². The molecular formula is C12H15ClN2OS. The first-order valence-corrected chi connectivity index (χ1v) is 6.39. The third-order valence-corrected chi connectivity index (χ3v) is 3.58. The van der Waals surface area contributed by atoms with Crippen LogP contribution in [0.4, 0.5) is 5.69 Å². The predicted octanol–water partition coefficient (Wildman–Crippen LogP) is 1.94. The fourth-order valence-corrected chi connectivity index (χ4v) is 2.45. The molecule has 0 bridgehead atoms. The van der Waals surface area contributed by atoms with Gasteiger partial charge in [-0.05, 0) is 31.0 Å². The number of thiocarbonyl (C=S) groups is 1. The maximum Gasteiger partial charge on any atom is 0.104 e. The average molecular weight is 271 g/mol. The summed E-state index contributed by atoms with van der Waals surface area (Å²) in [5.74, 6) is 0. The summed E-state index contributed by atoms with van der Waals surface area (Å²) in [6, 6.07) is 5.62. The Kier molecular flexibility index (Phi) is 3.86. The topological polar surface area (TPSA) is 49.5 Å². The van der Waals surface area contributed by atoms with Gasteiger partial charge in [0.15, 0.2) is 0 Å². The minimum Gasteiger partial charge on any atom is -0.393 e. The molecule has 0 saturated carbocycles. The van der Waals surface area contributed by atoms with Gasteiger partial charge < -0.3 is 15.7 Å². The number of benzene rings is 1. The van der Waals surface area contributed by atoms with Crippen LogP contribution in [-0.4, -0.2) is 29.3 Å². The van der Waals surface area contributed by atoms with Crippen molar-refractivity contribution in [2.24, 2.45) is 5.73 Å². The van der Waals surface area contributed by atoms with E-state index in [9.17, 15) is 5.11 Å². The van der Waals surface area contributed by atoms with Crippen LogP contribution in [0.3, 0.4) is 0 Å². The van der Waals surface area contributed by atoms with Crippen molar-refractivity contribution in [3.63, 3.8) is 0 Å². The number of hydrogen-bond donors (Lipinski definition) is 2. The van der Waals surface area contributed by atoms with Crippen molar-refractivity contribution in [1.29, 1.82) is 0 Å². The van der Waals surface area contributed by atoms with E-state index in [1.165, 1.54) is 0 Å². The molecule has 5 heteroatoms. The van der Waals surface area contributed by atoms with Crippen molar-refractivity contribution in [3.8, 4) is 0 Å². The van der Waals surface area contributed by atoms with Crippen LogP contribution in [0.25, 0.3) is 0 Å². The van der Waals surface area contributed by atoms with Gasteiger partial charge in [0, 0.05) is 18.7 Å². The van der Waals surface area contributed by atoms with Gasteiger partial charge in [0.1, 0.15) is 4.99 Å². The number of nitrogens with two attached hydrogens (primary N) is 1. The van der Waals surface area contributed by atoms with Crippen LogP contribution < -0.4 is 10.6 Å². The van der Waals surface area contributed by atoms with Gasteiger partial charge in [0.05, 0.1) is 16.8 Å². The fraction of sp³-hybridized carbons (Fsp3) is 0.417. The molecule has 1 fully saturated rings. The lowest BCUT2D eigenvalue weighted by molar-refractivity contribution is 0.145. The van der Waals surface area contributed by atoms with E-state index in [0.717, 1.165) is 37.2 Å². The number of hydrogen-bond acceptors (Lipinski definition) is 3. The lowest BCUT2D eigenvalue weighted by Gasteiger charge is -2.32. The van der Waals surface area contributed by atoms with Gasteiger partial charge in [0.2, 0.25) is 0 Å². The minimum absolute atomic E-state index is 0.180. The van der Waals surface area contributed by atoms with Crippen LogP contribution in [0.1, 0.15) is 18.4 Å². The SMILES string of the molecule is NC(=S)c1ccc(N2CCC(O)CC2)c(Cl)c1. The summed E-state index contributed by atoms with van der Waals surface area (Å²) in [6.45, 7) is 1.65. The number of rotatable bonds is 2. The van der Waals surface area contributed by atoms with E-state index in [2.05, 4.69) is 4.90 Å². The highest BCUT2D eigenvalue weighted by Gasteiger charge is 2.19. The Morgan fingerprint density at radius 1 is 1.41 bits per heavy atom. The van der Waals surface area contributed by atoms with Gasteiger partial charge in [-0.2, -0.15) is 0 Å². The lowest BCUT2D eigenvalue weighted by Crippen LogP contribution is -2.35. The first-order valence-electron chi connectivity index (χ1n) is 5.60. The average Bonchev–Trinajstić information content (AvgIpc) is 2.30. The quantitative estimate of drug-likeness (QED) is 0.807. The number of piperidine rings is 1. The predicted molar refractivity (Wildman–Crippen MR) is 74.8 cm³/mol. The smallest absolute Gasteiger partial charge is 0.104 e. The minimum atomic E-state index is -0.180. The van der Waals surface area contributed by atoms with Crippen LogP contribution in [0.5, 0.6) is 0 Å². The van der Waals surface area contributed by atoms with Gasteiger partial charge >= 0.3 is 0 Å². The molecule has 1 heterocycles. The van der Waals surface area contributed by atoms with Gasteiger partial charge in [-0.3, -0.25) is 0 Å². The number of anilines is 1. The van der Waals surface area contributed by atoms with Crippen molar-refractivity contribution >= 4 is 34.5 Å². The third kappa shape index (κ3) is 2.89. The summed E-state index contributed by atoms with van der Waals surface area (Å²) >= 11 is 11.1. The van der Waals surface area contributed by atoms with E-state index in [-0.39, 0.29) is 6.10 Å². The summed E-state index contributed by atoms with van der Waals surface area (Å²) < 4.78 is 0. The van der Waals surface area contributed by atoms with Gasteiger partial charge in [0.25, 0.3) is 0 Å². The molecule has 1 saturated heterocycles. The highest BCUT2D eigenvalue weighted by atomic mass is 35.5. The van der Waals surface area contributed by atoms with E-state index in [0.29, 0.717) is 10.0 Å². The molecule has 0 atom stereocenters.